The Morgan fingerprint density at radius 3 is 2.61 bits per heavy atom. The van der Waals surface area contributed by atoms with Crippen molar-refractivity contribution < 1.29 is 15.0 Å². The number of aliphatic hydroxyl groups excluding tert-OH is 2. The summed E-state index contributed by atoms with van der Waals surface area (Å²) >= 11 is 0. The Bertz CT molecular complexity index is 509. The lowest BCUT2D eigenvalue weighted by Crippen LogP contribution is -2.59. The van der Waals surface area contributed by atoms with E-state index in [0.29, 0.717) is 23.3 Å². The number of fused-ring (bicyclic) bond motifs is 3. The summed E-state index contributed by atoms with van der Waals surface area (Å²) in [4.78, 5) is 11.3. The van der Waals surface area contributed by atoms with Crippen LogP contribution in [0.5, 0.6) is 0 Å². The Labute approximate surface area is 140 Å². The predicted octanol–water partition coefficient (Wildman–Crippen LogP) is 3.49. The highest BCUT2D eigenvalue weighted by Gasteiger charge is 2.61. The molecule has 2 N–H and O–H groups in total. The van der Waals surface area contributed by atoms with Gasteiger partial charge in [0.15, 0.2) is 0 Å². The fourth-order valence-electron chi connectivity index (χ4n) is 6.62. The summed E-state index contributed by atoms with van der Waals surface area (Å²) in [6.07, 6.45) is 9.13. The lowest BCUT2D eigenvalue weighted by molar-refractivity contribution is -0.181. The third-order valence-electron chi connectivity index (χ3n) is 7.82. The summed E-state index contributed by atoms with van der Waals surface area (Å²) < 4.78 is 0. The topological polar surface area (TPSA) is 57.5 Å². The molecule has 3 heteroatoms. The Hall–Kier alpha value is -0.670. The zero-order chi connectivity index (χ0) is 16.9. The molecule has 3 aliphatic carbocycles. The first-order valence-corrected chi connectivity index (χ1v) is 9.23. The maximum absolute atomic E-state index is 11.3. The molecule has 3 aliphatic rings. The number of aliphatic hydroxyl groups is 2. The van der Waals surface area contributed by atoms with Crippen molar-refractivity contribution in [1.82, 2.24) is 0 Å². The average Bonchev–Trinajstić information content (AvgIpc) is 2.64. The van der Waals surface area contributed by atoms with E-state index in [1.165, 1.54) is 19.3 Å². The first-order valence-electron chi connectivity index (χ1n) is 9.23. The van der Waals surface area contributed by atoms with Crippen LogP contribution < -0.4 is 0 Å². The lowest BCUT2D eigenvalue weighted by atomic mass is 9.42. The maximum Gasteiger partial charge on any atom is 0.145 e. The van der Waals surface area contributed by atoms with Crippen LogP contribution in [-0.4, -0.2) is 29.2 Å². The van der Waals surface area contributed by atoms with Crippen LogP contribution in [0.3, 0.4) is 0 Å². The lowest BCUT2D eigenvalue weighted by Gasteiger charge is -2.63. The molecule has 3 nitrogen and oxygen atoms in total. The zero-order valence-corrected chi connectivity index (χ0v) is 14.8. The minimum atomic E-state index is -0.612. The Morgan fingerprint density at radius 2 is 1.96 bits per heavy atom. The Kier molecular flexibility index (Phi) is 4.25. The molecular weight excluding hydrogens is 288 g/mol. The summed E-state index contributed by atoms with van der Waals surface area (Å²) in [7, 11) is 0. The summed E-state index contributed by atoms with van der Waals surface area (Å²) in [5.74, 6) is 0.887. The van der Waals surface area contributed by atoms with E-state index in [1.807, 2.05) is 6.08 Å². The number of allylic oxidation sites excluding steroid dienone is 1. The van der Waals surface area contributed by atoms with Gasteiger partial charge in [0.2, 0.25) is 0 Å². The zero-order valence-electron chi connectivity index (χ0n) is 14.8. The van der Waals surface area contributed by atoms with Crippen LogP contribution in [0.25, 0.3) is 0 Å². The van der Waals surface area contributed by atoms with Gasteiger partial charge in [-0.25, -0.2) is 0 Å². The van der Waals surface area contributed by atoms with Gasteiger partial charge in [-0.3, -0.25) is 4.79 Å². The van der Waals surface area contributed by atoms with Crippen molar-refractivity contribution >= 4 is 6.29 Å². The van der Waals surface area contributed by atoms with E-state index < -0.39 is 11.5 Å². The van der Waals surface area contributed by atoms with Crippen LogP contribution in [0.1, 0.15) is 65.7 Å². The summed E-state index contributed by atoms with van der Waals surface area (Å²) in [5.41, 5.74) is 0.719. The second-order valence-electron chi connectivity index (χ2n) is 9.24. The minimum absolute atomic E-state index is 0.0293. The molecule has 0 aliphatic heterocycles. The van der Waals surface area contributed by atoms with Gasteiger partial charge in [-0.15, -0.1) is 0 Å². The molecule has 3 rings (SSSR count). The van der Waals surface area contributed by atoms with Crippen molar-refractivity contribution in [2.24, 2.45) is 28.1 Å². The van der Waals surface area contributed by atoms with Crippen molar-refractivity contribution in [3.8, 4) is 0 Å². The SMILES string of the molecule is CC1(C)CCC[C@@]2(C)C1CC[C@@]1(CO)C(O)CC(C=O)=CCC21. The molecule has 5 atom stereocenters. The normalized spacial score (nSPS) is 46.1. The molecule has 3 unspecified atom stereocenters. The monoisotopic (exact) mass is 320 g/mol. The van der Waals surface area contributed by atoms with Gasteiger partial charge in [0.05, 0.1) is 12.7 Å². The number of carbonyl (C=O) groups excluding carboxylic acids is 1. The van der Waals surface area contributed by atoms with Crippen molar-refractivity contribution in [1.29, 1.82) is 0 Å². The van der Waals surface area contributed by atoms with Crippen LogP contribution in [0, 0.1) is 28.1 Å². The van der Waals surface area contributed by atoms with E-state index in [9.17, 15) is 15.0 Å². The highest BCUT2D eigenvalue weighted by atomic mass is 16.3. The molecule has 23 heavy (non-hydrogen) atoms. The number of hydrogen-bond acceptors (Lipinski definition) is 3. The smallest absolute Gasteiger partial charge is 0.145 e. The third kappa shape index (κ3) is 2.42. The van der Waals surface area contributed by atoms with Gasteiger partial charge in [0, 0.05) is 11.8 Å². The standard InChI is InChI=1S/C20H32O3/c1-18(2)8-4-9-19(3)15(18)7-10-20(13-22)16(19)6-5-14(12-21)11-17(20)23/h5,12,15-17,22-23H,4,6-11,13H2,1-3H3/t15?,16?,17?,19-,20-/m0/s1. The molecule has 0 aromatic carbocycles. The van der Waals surface area contributed by atoms with E-state index in [0.717, 1.165) is 25.5 Å². The van der Waals surface area contributed by atoms with Gasteiger partial charge < -0.3 is 10.2 Å². The van der Waals surface area contributed by atoms with Gasteiger partial charge in [0.25, 0.3) is 0 Å². The molecule has 0 aromatic rings. The number of rotatable bonds is 2. The van der Waals surface area contributed by atoms with Crippen LogP contribution in [-0.2, 0) is 4.79 Å². The average molecular weight is 320 g/mol. The molecule has 0 bridgehead atoms. The molecule has 130 valence electrons. The number of hydrogen-bond donors (Lipinski definition) is 2. The van der Waals surface area contributed by atoms with E-state index >= 15 is 0 Å². The van der Waals surface area contributed by atoms with E-state index in [4.69, 9.17) is 0 Å². The highest BCUT2D eigenvalue weighted by molar-refractivity contribution is 5.73. The fraction of sp³-hybridized carbons (Fsp3) is 0.850. The summed E-state index contributed by atoms with van der Waals surface area (Å²) in [6.45, 7) is 7.20. The molecule has 2 fully saturated rings. The molecule has 0 saturated heterocycles. The van der Waals surface area contributed by atoms with E-state index in [2.05, 4.69) is 20.8 Å². The minimum Gasteiger partial charge on any atom is -0.396 e. The first kappa shape index (κ1) is 17.2. The van der Waals surface area contributed by atoms with Crippen LogP contribution in [0.15, 0.2) is 11.6 Å². The maximum atomic E-state index is 11.3. The first-order chi connectivity index (χ1) is 10.8. The Morgan fingerprint density at radius 1 is 1.22 bits per heavy atom. The summed E-state index contributed by atoms with van der Waals surface area (Å²) in [5, 5.41) is 21.2. The quantitative estimate of drug-likeness (QED) is 0.766. The van der Waals surface area contributed by atoms with Gasteiger partial charge in [0.1, 0.15) is 6.29 Å². The molecule has 0 aromatic heterocycles. The van der Waals surface area contributed by atoms with Crippen molar-refractivity contribution in [3.63, 3.8) is 0 Å². The molecule has 0 amide bonds. The predicted molar refractivity (Wildman–Crippen MR) is 90.9 cm³/mol. The van der Waals surface area contributed by atoms with Gasteiger partial charge >= 0.3 is 0 Å². The second-order valence-corrected chi connectivity index (χ2v) is 9.24. The van der Waals surface area contributed by atoms with Crippen molar-refractivity contribution in [2.75, 3.05) is 6.61 Å². The molecule has 2 saturated carbocycles. The molecule has 0 spiro atoms. The highest BCUT2D eigenvalue weighted by Crippen LogP contribution is 2.66. The third-order valence-corrected chi connectivity index (χ3v) is 7.82. The summed E-state index contributed by atoms with van der Waals surface area (Å²) in [6, 6.07) is 0. The largest absolute Gasteiger partial charge is 0.396 e. The Balaban J connectivity index is 2.06. The fourth-order valence-corrected chi connectivity index (χ4v) is 6.62. The molecule has 0 heterocycles. The van der Waals surface area contributed by atoms with Gasteiger partial charge in [-0.1, -0.05) is 33.3 Å². The second kappa shape index (κ2) is 5.70. The van der Waals surface area contributed by atoms with Gasteiger partial charge in [-0.05, 0) is 60.3 Å². The van der Waals surface area contributed by atoms with Crippen LogP contribution in [0.4, 0.5) is 0 Å². The van der Waals surface area contributed by atoms with E-state index in [-0.39, 0.29) is 17.9 Å². The van der Waals surface area contributed by atoms with Gasteiger partial charge in [-0.2, -0.15) is 0 Å². The van der Waals surface area contributed by atoms with Crippen molar-refractivity contribution in [2.45, 2.75) is 71.8 Å². The number of carbonyl (C=O) groups is 1. The van der Waals surface area contributed by atoms with Crippen LogP contribution in [0.2, 0.25) is 0 Å². The van der Waals surface area contributed by atoms with Crippen molar-refractivity contribution in [3.05, 3.63) is 11.6 Å². The molecular formula is C20H32O3. The van der Waals surface area contributed by atoms with E-state index in [1.54, 1.807) is 0 Å². The van der Waals surface area contributed by atoms with Crippen LogP contribution >= 0.6 is 0 Å². The number of aldehydes is 1. The molecule has 0 radical (unpaired) electrons.